The summed E-state index contributed by atoms with van der Waals surface area (Å²) in [5.41, 5.74) is 0. The van der Waals surface area contributed by atoms with Gasteiger partial charge in [-0.1, -0.05) is 6.08 Å². The van der Waals surface area contributed by atoms with Crippen LogP contribution in [0.2, 0.25) is 0 Å². The molecule has 0 aliphatic rings. The zero-order chi connectivity index (χ0) is 5.82. The van der Waals surface area contributed by atoms with Gasteiger partial charge in [0.15, 0.2) is 0 Å². The molecule has 0 fully saturated rings. The Bertz CT molecular complexity index is 161. The SMILES string of the molecule is CC=Cn1[c]ccc1. The first kappa shape index (κ1) is 5.16. The van der Waals surface area contributed by atoms with Crippen LogP contribution in [0.15, 0.2) is 24.4 Å². The van der Waals surface area contributed by atoms with Gasteiger partial charge in [0, 0.05) is 12.4 Å². The van der Waals surface area contributed by atoms with Crippen molar-refractivity contribution < 1.29 is 0 Å². The van der Waals surface area contributed by atoms with E-state index in [1.165, 1.54) is 0 Å². The smallest absolute Gasteiger partial charge is 0.0692 e. The van der Waals surface area contributed by atoms with Crippen molar-refractivity contribution in [2.45, 2.75) is 6.92 Å². The van der Waals surface area contributed by atoms with Crippen molar-refractivity contribution >= 4 is 6.20 Å². The maximum Gasteiger partial charge on any atom is 0.0692 e. The van der Waals surface area contributed by atoms with Crippen LogP contribution in [0.25, 0.3) is 6.20 Å². The van der Waals surface area contributed by atoms with Gasteiger partial charge >= 0.3 is 0 Å². The molecule has 0 unspecified atom stereocenters. The monoisotopic (exact) mass is 106 g/mol. The Labute approximate surface area is 49.3 Å². The first-order chi connectivity index (χ1) is 3.93. The van der Waals surface area contributed by atoms with Gasteiger partial charge < -0.3 is 4.57 Å². The zero-order valence-corrected chi connectivity index (χ0v) is 4.83. The molecule has 0 N–H and O–H groups in total. The Kier molecular flexibility index (Phi) is 1.52. The molecule has 0 aliphatic carbocycles. The lowest BCUT2D eigenvalue weighted by atomic mass is 10.7. The maximum absolute atomic E-state index is 2.97. The molecule has 0 atom stereocenters. The maximum atomic E-state index is 2.97. The Hall–Kier alpha value is -0.980. The topological polar surface area (TPSA) is 4.93 Å². The van der Waals surface area contributed by atoms with Crippen LogP contribution in [0.4, 0.5) is 0 Å². The summed E-state index contributed by atoms with van der Waals surface area (Å²) in [6.07, 6.45) is 8.83. The molecule has 0 amide bonds. The highest BCUT2D eigenvalue weighted by Gasteiger charge is 1.75. The quantitative estimate of drug-likeness (QED) is 0.514. The largest absolute Gasteiger partial charge is 0.322 e. The second kappa shape index (κ2) is 2.36. The number of rotatable bonds is 1. The summed E-state index contributed by atoms with van der Waals surface area (Å²) < 4.78 is 1.88. The molecule has 1 aromatic heterocycles. The van der Waals surface area contributed by atoms with Crippen LogP contribution < -0.4 is 0 Å². The minimum Gasteiger partial charge on any atom is -0.322 e. The van der Waals surface area contributed by atoms with E-state index in [1.807, 2.05) is 42.1 Å². The highest BCUT2D eigenvalue weighted by Crippen LogP contribution is 1.87. The first-order valence-electron chi connectivity index (χ1n) is 2.61. The molecule has 8 heavy (non-hydrogen) atoms. The summed E-state index contributed by atoms with van der Waals surface area (Å²) in [5, 5.41) is 0. The van der Waals surface area contributed by atoms with E-state index in [0.717, 1.165) is 0 Å². The molecule has 1 heterocycles. The van der Waals surface area contributed by atoms with Crippen molar-refractivity contribution in [1.82, 2.24) is 4.57 Å². The van der Waals surface area contributed by atoms with E-state index >= 15 is 0 Å². The Morgan fingerprint density at radius 3 is 3.00 bits per heavy atom. The van der Waals surface area contributed by atoms with Crippen LogP contribution in [-0.4, -0.2) is 4.57 Å². The molecule has 1 rings (SSSR count). The number of hydrogen-bond donors (Lipinski definition) is 0. The third-order valence-electron chi connectivity index (χ3n) is 0.876. The van der Waals surface area contributed by atoms with Gasteiger partial charge in [-0.05, 0) is 19.1 Å². The van der Waals surface area contributed by atoms with E-state index in [2.05, 4.69) is 6.20 Å². The van der Waals surface area contributed by atoms with Gasteiger partial charge in [-0.3, -0.25) is 0 Å². The lowest BCUT2D eigenvalue weighted by Crippen LogP contribution is -1.75. The average molecular weight is 106 g/mol. The van der Waals surface area contributed by atoms with Gasteiger partial charge in [-0.15, -0.1) is 0 Å². The van der Waals surface area contributed by atoms with Crippen molar-refractivity contribution in [1.29, 1.82) is 0 Å². The summed E-state index contributed by atoms with van der Waals surface area (Å²) in [6.45, 7) is 1.98. The fourth-order valence-electron chi connectivity index (χ4n) is 0.561. The van der Waals surface area contributed by atoms with Crippen LogP contribution >= 0.6 is 0 Å². The Morgan fingerprint density at radius 1 is 1.62 bits per heavy atom. The van der Waals surface area contributed by atoms with Gasteiger partial charge in [0.2, 0.25) is 0 Å². The highest BCUT2D eigenvalue weighted by molar-refractivity contribution is 5.20. The zero-order valence-electron chi connectivity index (χ0n) is 4.83. The molecule has 0 aromatic carbocycles. The molecule has 1 aromatic rings. The summed E-state index contributed by atoms with van der Waals surface area (Å²) in [6, 6.07) is 3.82. The van der Waals surface area contributed by atoms with Gasteiger partial charge in [0.25, 0.3) is 0 Å². The molecule has 0 aliphatic heterocycles. The van der Waals surface area contributed by atoms with Gasteiger partial charge in [0.1, 0.15) is 0 Å². The average Bonchev–Trinajstić information content (AvgIpc) is 2.19. The predicted octanol–water partition coefficient (Wildman–Crippen LogP) is 1.78. The van der Waals surface area contributed by atoms with E-state index in [-0.39, 0.29) is 0 Å². The molecule has 0 bridgehead atoms. The van der Waals surface area contributed by atoms with E-state index in [1.54, 1.807) is 0 Å². The molecule has 0 spiro atoms. The summed E-state index contributed by atoms with van der Waals surface area (Å²) in [5.74, 6) is 0. The predicted molar refractivity (Wildman–Crippen MR) is 34.3 cm³/mol. The minimum absolute atomic E-state index is 1.88. The molecular weight excluding hydrogens is 98.1 g/mol. The molecule has 41 valence electrons. The second-order valence-electron chi connectivity index (χ2n) is 1.53. The first-order valence-corrected chi connectivity index (χ1v) is 2.61. The van der Waals surface area contributed by atoms with Crippen LogP contribution in [0, 0.1) is 6.20 Å². The number of aromatic nitrogens is 1. The fourth-order valence-corrected chi connectivity index (χ4v) is 0.561. The fraction of sp³-hybridized carbons (Fsp3) is 0.143. The summed E-state index contributed by atoms with van der Waals surface area (Å²) >= 11 is 0. The molecule has 0 saturated heterocycles. The standard InChI is InChI=1S/C7H8N/c1-2-5-8-6-3-4-7-8/h2-6H,1H3. The molecule has 1 nitrogen and oxygen atoms in total. The van der Waals surface area contributed by atoms with Crippen molar-refractivity contribution in [3.05, 3.63) is 30.6 Å². The second-order valence-corrected chi connectivity index (χ2v) is 1.53. The van der Waals surface area contributed by atoms with Crippen LogP contribution in [0.1, 0.15) is 6.92 Å². The normalized spacial score (nSPS) is 10.6. The lowest BCUT2D eigenvalue weighted by molar-refractivity contribution is 1.16. The van der Waals surface area contributed by atoms with Crippen molar-refractivity contribution in [2.75, 3.05) is 0 Å². The van der Waals surface area contributed by atoms with E-state index in [0.29, 0.717) is 0 Å². The van der Waals surface area contributed by atoms with Gasteiger partial charge in [-0.25, -0.2) is 0 Å². The molecule has 0 saturated carbocycles. The van der Waals surface area contributed by atoms with E-state index in [9.17, 15) is 0 Å². The van der Waals surface area contributed by atoms with Crippen molar-refractivity contribution in [3.63, 3.8) is 0 Å². The van der Waals surface area contributed by atoms with Crippen molar-refractivity contribution in [3.8, 4) is 0 Å². The lowest BCUT2D eigenvalue weighted by Gasteiger charge is -1.84. The number of nitrogens with zero attached hydrogens (tertiary/aromatic N) is 1. The molecule has 1 heteroatoms. The van der Waals surface area contributed by atoms with Gasteiger partial charge in [0.05, 0.1) is 6.20 Å². The Morgan fingerprint density at radius 2 is 2.50 bits per heavy atom. The Balaban J connectivity index is 2.77. The summed E-state index contributed by atoms with van der Waals surface area (Å²) in [4.78, 5) is 0. The van der Waals surface area contributed by atoms with Crippen LogP contribution in [0.5, 0.6) is 0 Å². The summed E-state index contributed by atoms with van der Waals surface area (Å²) in [7, 11) is 0. The molecular formula is C7H8N. The van der Waals surface area contributed by atoms with Gasteiger partial charge in [-0.2, -0.15) is 0 Å². The highest BCUT2D eigenvalue weighted by atomic mass is 14.9. The third-order valence-corrected chi connectivity index (χ3v) is 0.876. The third kappa shape index (κ3) is 0.997. The van der Waals surface area contributed by atoms with Crippen LogP contribution in [0.3, 0.4) is 0 Å². The number of hydrogen-bond acceptors (Lipinski definition) is 0. The number of allylic oxidation sites excluding steroid dienone is 1. The van der Waals surface area contributed by atoms with Crippen LogP contribution in [-0.2, 0) is 0 Å². The van der Waals surface area contributed by atoms with E-state index < -0.39 is 0 Å². The molecule has 1 radical (unpaired) electrons. The van der Waals surface area contributed by atoms with E-state index in [4.69, 9.17) is 0 Å². The van der Waals surface area contributed by atoms with Crippen molar-refractivity contribution in [2.24, 2.45) is 0 Å². The minimum atomic E-state index is 1.88.